The van der Waals surface area contributed by atoms with E-state index in [-0.39, 0.29) is 18.1 Å². The Hall–Kier alpha value is -0.770. The van der Waals surface area contributed by atoms with Gasteiger partial charge in [-0.3, -0.25) is 0 Å². The van der Waals surface area contributed by atoms with Gasteiger partial charge < -0.3 is 15.4 Å². The van der Waals surface area contributed by atoms with Crippen molar-refractivity contribution in [3.05, 3.63) is 0 Å². The van der Waals surface area contributed by atoms with Crippen LogP contribution in [0.2, 0.25) is 0 Å². The smallest absolute Gasteiger partial charge is 0.315 e. The summed E-state index contributed by atoms with van der Waals surface area (Å²) in [5.41, 5.74) is 0. The lowest BCUT2D eigenvalue weighted by Crippen LogP contribution is -2.34. The average Bonchev–Trinajstić information content (AvgIpc) is 2.13. The van der Waals surface area contributed by atoms with Crippen LogP contribution in [0.1, 0.15) is 6.92 Å². The van der Waals surface area contributed by atoms with E-state index in [1.807, 2.05) is 6.92 Å². The number of rotatable bonds is 2. The zero-order valence-corrected chi connectivity index (χ0v) is 6.18. The van der Waals surface area contributed by atoms with Crippen molar-refractivity contribution in [3.8, 4) is 0 Å². The van der Waals surface area contributed by atoms with Gasteiger partial charge in [0.05, 0.1) is 18.7 Å². The molecule has 0 aromatic rings. The van der Waals surface area contributed by atoms with Crippen LogP contribution in [0, 0.1) is 0 Å². The minimum Gasteiger partial charge on any atom is -0.382 e. The highest BCUT2D eigenvalue weighted by atomic mass is 16.5. The first kappa shape index (κ1) is 7.34. The van der Waals surface area contributed by atoms with Gasteiger partial charge in [-0.1, -0.05) is 0 Å². The molecule has 0 bridgehead atoms. The van der Waals surface area contributed by atoms with Crippen molar-refractivity contribution in [3.63, 3.8) is 0 Å². The standard InChI is InChI=1S/C6H12N2O2/c1-4-5(3-10-2)8-6(9)7-4/h4-5H,3H2,1-2H3,(H2,7,8,9)/t4-,5+/m0/s1. The molecule has 0 radical (unpaired) electrons. The molecule has 2 amide bonds. The SMILES string of the molecule is COC[C@H]1NC(=O)N[C@H]1C. The molecule has 1 heterocycles. The Morgan fingerprint density at radius 3 is 2.70 bits per heavy atom. The number of urea groups is 1. The van der Waals surface area contributed by atoms with Crippen molar-refractivity contribution in [1.29, 1.82) is 0 Å². The number of carbonyl (C=O) groups is 1. The fraction of sp³-hybridized carbons (Fsp3) is 0.833. The van der Waals surface area contributed by atoms with E-state index in [9.17, 15) is 4.79 Å². The van der Waals surface area contributed by atoms with Gasteiger partial charge in [0.15, 0.2) is 0 Å². The maximum atomic E-state index is 10.7. The Balaban J connectivity index is 2.38. The number of hydrogen-bond donors (Lipinski definition) is 2. The maximum Gasteiger partial charge on any atom is 0.315 e. The van der Waals surface area contributed by atoms with Gasteiger partial charge in [0.1, 0.15) is 0 Å². The largest absolute Gasteiger partial charge is 0.382 e. The molecule has 1 fully saturated rings. The molecule has 0 unspecified atom stereocenters. The van der Waals surface area contributed by atoms with E-state index in [0.717, 1.165) is 0 Å². The Bertz CT molecular complexity index is 138. The lowest BCUT2D eigenvalue weighted by atomic mass is 10.2. The van der Waals surface area contributed by atoms with Crippen LogP contribution in [0.5, 0.6) is 0 Å². The van der Waals surface area contributed by atoms with Crippen molar-refractivity contribution in [2.45, 2.75) is 19.0 Å². The van der Waals surface area contributed by atoms with Crippen LogP contribution >= 0.6 is 0 Å². The predicted molar refractivity (Wildman–Crippen MR) is 36.8 cm³/mol. The molecular formula is C6H12N2O2. The van der Waals surface area contributed by atoms with Crippen LogP contribution in [0.3, 0.4) is 0 Å². The Labute approximate surface area is 59.9 Å². The van der Waals surface area contributed by atoms with E-state index < -0.39 is 0 Å². The molecule has 2 N–H and O–H groups in total. The summed E-state index contributed by atoms with van der Waals surface area (Å²) in [4.78, 5) is 10.7. The topological polar surface area (TPSA) is 50.4 Å². The monoisotopic (exact) mass is 144 g/mol. The van der Waals surface area contributed by atoms with E-state index in [1.165, 1.54) is 0 Å². The van der Waals surface area contributed by atoms with Crippen molar-refractivity contribution in [2.75, 3.05) is 13.7 Å². The van der Waals surface area contributed by atoms with Gasteiger partial charge in [-0.2, -0.15) is 0 Å². The molecule has 4 nitrogen and oxygen atoms in total. The molecular weight excluding hydrogens is 132 g/mol. The highest BCUT2D eigenvalue weighted by Crippen LogP contribution is 1.99. The average molecular weight is 144 g/mol. The fourth-order valence-electron chi connectivity index (χ4n) is 1.01. The summed E-state index contributed by atoms with van der Waals surface area (Å²) in [6, 6.07) is 0.194. The van der Waals surface area contributed by atoms with E-state index in [2.05, 4.69) is 10.6 Å². The predicted octanol–water partition coefficient (Wildman–Crippen LogP) is -0.297. The molecule has 1 saturated heterocycles. The first-order chi connectivity index (χ1) is 4.74. The number of ether oxygens (including phenoxy) is 1. The van der Waals surface area contributed by atoms with E-state index >= 15 is 0 Å². The van der Waals surface area contributed by atoms with Gasteiger partial charge >= 0.3 is 6.03 Å². The summed E-state index contributed by atoms with van der Waals surface area (Å²) in [6.45, 7) is 2.52. The summed E-state index contributed by atoms with van der Waals surface area (Å²) in [6.07, 6.45) is 0. The molecule has 0 saturated carbocycles. The summed E-state index contributed by atoms with van der Waals surface area (Å²) >= 11 is 0. The molecule has 0 spiro atoms. The maximum absolute atomic E-state index is 10.7. The lowest BCUT2D eigenvalue weighted by Gasteiger charge is -2.11. The molecule has 58 valence electrons. The second-order valence-corrected chi connectivity index (χ2v) is 2.47. The van der Waals surface area contributed by atoms with Crippen LogP contribution in [0.25, 0.3) is 0 Å². The van der Waals surface area contributed by atoms with E-state index in [0.29, 0.717) is 6.61 Å². The summed E-state index contributed by atoms with van der Waals surface area (Å²) in [7, 11) is 1.62. The lowest BCUT2D eigenvalue weighted by molar-refractivity contribution is 0.168. The zero-order chi connectivity index (χ0) is 7.56. The molecule has 0 aromatic heterocycles. The second-order valence-electron chi connectivity index (χ2n) is 2.47. The second kappa shape index (κ2) is 2.88. The third kappa shape index (κ3) is 1.39. The van der Waals surface area contributed by atoms with Crippen LogP contribution in [0.4, 0.5) is 4.79 Å². The molecule has 4 heteroatoms. The van der Waals surface area contributed by atoms with Crippen molar-refractivity contribution in [2.24, 2.45) is 0 Å². The highest BCUT2D eigenvalue weighted by molar-refractivity contribution is 5.77. The van der Waals surface area contributed by atoms with Crippen LogP contribution in [0.15, 0.2) is 0 Å². The Kier molecular flexibility index (Phi) is 2.11. The van der Waals surface area contributed by atoms with Crippen LogP contribution in [-0.4, -0.2) is 31.8 Å². The molecule has 0 aromatic carbocycles. The van der Waals surface area contributed by atoms with Crippen molar-refractivity contribution >= 4 is 6.03 Å². The molecule has 1 aliphatic heterocycles. The minimum absolute atomic E-state index is 0.102. The van der Waals surface area contributed by atoms with Gasteiger partial charge in [0.25, 0.3) is 0 Å². The summed E-state index contributed by atoms with van der Waals surface area (Å²) in [5, 5.41) is 5.45. The molecule has 2 atom stereocenters. The van der Waals surface area contributed by atoms with Gasteiger partial charge in [-0.15, -0.1) is 0 Å². The summed E-state index contributed by atoms with van der Waals surface area (Å²) < 4.78 is 4.89. The summed E-state index contributed by atoms with van der Waals surface area (Å²) in [5.74, 6) is 0. The highest BCUT2D eigenvalue weighted by Gasteiger charge is 2.27. The van der Waals surface area contributed by atoms with Crippen LogP contribution in [-0.2, 0) is 4.74 Å². The van der Waals surface area contributed by atoms with Gasteiger partial charge in [-0.05, 0) is 6.92 Å². The van der Waals surface area contributed by atoms with E-state index in [1.54, 1.807) is 7.11 Å². The Morgan fingerprint density at radius 2 is 2.30 bits per heavy atom. The molecule has 0 aliphatic carbocycles. The van der Waals surface area contributed by atoms with Gasteiger partial charge in [0.2, 0.25) is 0 Å². The van der Waals surface area contributed by atoms with Crippen molar-refractivity contribution in [1.82, 2.24) is 10.6 Å². The third-order valence-electron chi connectivity index (χ3n) is 1.63. The van der Waals surface area contributed by atoms with Gasteiger partial charge in [-0.25, -0.2) is 4.79 Å². The number of hydrogen-bond acceptors (Lipinski definition) is 2. The van der Waals surface area contributed by atoms with Crippen molar-refractivity contribution < 1.29 is 9.53 Å². The quantitative estimate of drug-likeness (QED) is 0.559. The fourth-order valence-corrected chi connectivity index (χ4v) is 1.01. The number of amides is 2. The van der Waals surface area contributed by atoms with E-state index in [4.69, 9.17) is 4.74 Å². The Morgan fingerprint density at radius 1 is 1.60 bits per heavy atom. The first-order valence-corrected chi connectivity index (χ1v) is 3.30. The number of methoxy groups -OCH3 is 1. The minimum atomic E-state index is -0.102. The normalized spacial score (nSPS) is 31.6. The number of carbonyl (C=O) groups excluding carboxylic acids is 1. The molecule has 1 aliphatic rings. The zero-order valence-electron chi connectivity index (χ0n) is 6.18. The van der Waals surface area contributed by atoms with Gasteiger partial charge in [0, 0.05) is 7.11 Å². The molecule has 10 heavy (non-hydrogen) atoms. The third-order valence-corrected chi connectivity index (χ3v) is 1.63. The first-order valence-electron chi connectivity index (χ1n) is 3.30. The number of nitrogens with one attached hydrogen (secondary N) is 2. The van der Waals surface area contributed by atoms with Crippen LogP contribution < -0.4 is 10.6 Å². The molecule has 1 rings (SSSR count).